The summed E-state index contributed by atoms with van der Waals surface area (Å²) in [5.74, 6) is -0.245. The summed E-state index contributed by atoms with van der Waals surface area (Å²) < 4.78 is 26.6. The molecule has 22 heavy (non-hydrogen) atoms. The van der Waals surface area contributed by atoms with Gasteiger partial charge in [0.15, 0.2) is 0 Å². The van der Waals surface area contributed by atoms with Crippen molar-refractivity contribution in [1.82, 2.24) is 9.62 Å². The molecule has 1 heterocycles. The molecule has 1 aromatic rings. The van der Waals surface area contributed by atoms with Crippen molar-refractivity contribution in [3.63, 3.8) is 0 Å². The molecule has 5 nitrogen and oxygen atoms in total. The van der Waals surface area contributed by atoms with Gasteiger partial charge < -0.3 is 5.32 Å². The van der Waals surface area contributed by atoms with E-state index < -0.39 is 10.0 Å². The number of nitrogens with zero attached hydrogens (tertiary/aromatic N) is 1. The van der Waals surface area contributed by atoms with Crippen molar-refractivity contribution >= 4 is 15.9 Å². The molecule has 2 rings (SSSR count). The molecule has 0 atom stereocenters. The van der Waals surface area contributed by atoms with Crippen LogP contribution in [0.5, 0.6) is 0 Å². The highest BCUT2D eigenvalue weighted by Crippen LogP contribution is 2.21. The van der Waals surface area contributed by atoms with Crippen LogP contribution in [0.25, 0.3) is 0 Å². The summed E-state index contributed by atoms with van der Waals surface area (Å²) in [4.78, 5) is 12.5. The Morgan fingerprint density at radius 2 is 1.91 bits per heavy atom. The average molecular weight is 324 g/mol. The SMILES string of the molecule is CCC(C)(C)NC(=O)c1cccc(S(=O)(=O)N2CCCC2)c1. The summed E-state index contributed by atoms with van der Waals surface area (Å²) in [6, 6.07) is 6.28. The lowest BCUT2D eigenvalue weighted by Crippen LogP contribution is -2.42. The van der Waals surface area contributed by atoms with E-state index in [0.29, 0.717) is 18.7 Å². The molecule has 6 heteroatoms. The van der Waals surface area contributed by atoms with E-state index >= 15 is 0 Å². The fourth-order valence-electron chi connectivity index (χ4n) is 2.34. The van der Waals surface area contributed by atoms with Crippen molar-refractivity contribution in [2.24, 2.45) is 0 Å². The van der Waals surface area contributed by atoms with Crippen molar-refractivity contribution in [1.29, 1.82) is 0 Å². The first-order valence-corrected chi connectivity index (χ1v) is 9.13. The van der Waals surface area contributed by atoms with Crippen LogP contribution < -0.4 is 5.32 Å². The van der Waals surface area contributed by atoms with Gasteiger partial charge >= 0.3 is 0 Å². The van der Waals surface area contributed by atoms with Gasteiger partial charge in [-0.2, -0.15) is 4.31 Å². The monoisotopic (exact) mass is 324 g/mol. The molecular weight excluding hydrogens is 300 g/mol. The molecule has 1 aliphatic rings. The fraction of sp³-hybridized carbons (Fsp3) is 0.562. The molecule has 1 aromatic carbocycles. The minimum atomic E-state index is -3.49. The molecule has 1 aliphatic heterocycles. The van der Waals surface area contributed by atoms with Gasteiger partial charge in [-0.05, 0) is 51.3 Å². The van der Waals surface area contributed by atoms with Crippen LogP contribution in [0, 0.1) is 0 Å². The smallest absolute Gasteiger partial charge is 0.251 e. The van der Waals surface area contributed by atoms with Crippen LogP contribution in [0.2, 0.25) is 0 Å². The summed E-state index contributed by atoms with van der Waals surface area (Å²) in [6.07, 6.45) is 2.58. The second-order valence-corrected chi connectivity index (χ2v) is 8.27. The highest BCUT2D eigenvalue weighted by atomic mass is 32.2. The number of benzene rings is 1. The van der Waals surface area contributed by atoms with Gasteiger partial charge in [0.2, 0.25) is 10.0 Å². The minimum Gasteiger partial charge on any atom is -0.347 e. The lowest BCUT2D eigenvalue weighted by atomic mass is 10.0. The standard InChI is InChI=1S/C16H24N2O3S/c1-4-16(2,3)17-15(19)13-8-7-9-14(12-13)22(20,21)18-10-5-6-11-18/h7-9,12H,4-6,10-11H2,1-3H3,(H,17,19). The fourth-order valence-corrected chi connectivity index (χ4v) is 3.91. The van der Waals surface area contributed by atoms with Gasteiger partial charge in [0.25, 0.3) is 5.91 Å². The Morgan fingerprint density at radius 1 is 1.27 bits per heavy atom. The van der Waals surface area contributed by atoms with Crippen molar-refractivity contribution in [3.05, 3.63) is 29.8 Å². The van der Waals surface area contributed by atoms with Crippen LogP contribution >= 0.6 is 0 Å². The zero-order valence-electron chi connectivity index (χ0n) is 13.4. The van der Waals surface area contributed by atoms with Crippen LogP contribution in [0.1, 0.15) is 50.4 Å². The molecule has 0 bridgehead atoms. The Balaban J connectivity index is 2.25. The summed E-state index contributed by atoms with van der Waals surface area (Å²) in [5, 5.41) is 2.92. The molecule has 1 saturated heterocycles. The molecular formula is C16H24N2O3S. The molecule has 1 fully saturated rings. The highest BCUT2D eigenvalue weighted by Gasteiger charge is 2.28. The van der Waals surface area contributed by atoms with E-state index in [1.165, 1.54) is 10.4 Å². The normalized spacial score (nSPS) is 16.7. The van der Waals surface area contributed by atoms with Gasteiger partial charge in [0.1, 0.15) is 0 Å². The Hall–Kier alpha value is -1.40. The number of hydrogen-bond acceptors (Lipinski definition) is 3. The van der Waals surface area contributed by atoms with Crippen LogP contribution in [0.4, 0.5) is 0 Å². The summed E-state index contributed by atoms with van der Waals surface area (Å²) >= 11 is 0. The number of carbonyl (C=O) groups excluding carboxylic acids is 1. The maximum absolute atomic E-state index is 12.5. The first-order valence-electron chi connectivity index (χ1n) is 7.69. The predicted octanol–water partition coefficient (Wildman–Crippen LogP) is 2.39. The molecule has 0 aliphatic carbocycles. The van der Waals surface area contributed by atoms with Gasteiger partial charge in [0.05, 0.1) is 4.90 Å². The first kappa shape index (κ1) is 17.0. The first-order chi connectivity index (χ1) is 10.3. The number of nitrogens with one attached hydrogen (secondary N) is 1. The number of hydrogen-bond donors (Lipinski definition) is 1. The van der Waals surface area contributed by atoms with E-state index in [-0.39, 0.29) is 16.3 Å². The van der Waals surface area contributed by atoms with Crippen LogP contribution in [-0.4, -0.2) is 37.3 Å². The zero-order chi connectivity index (χ0) is 16.4. The van der Waals surface area contributed by atoms with Crippen molar-refractivity contribution in [3.8, 4) is 0 Å². The molecule has 0 aromatic heterocycles. The van der Waals surface area contributed by atoms with Crippen molar-refractivity contribution in [2.75, 3.05) is 13.1 Å². The number of sulfonamides is 1. The van der Waals surface area contributed by atoms with E-state index in [9.17, 15) is 13.2 Å². The second kappa shape index (κ2) is 6.38. The third-order valence-corrected chi connectivity index (χ3v) is 6.03. The molecule has 0 saturated carbocycles. The number of amides is 1. The molecule has 122 valence electrons. The highest BCUT2D eigenvalue weighted by molar-refractivity contribution is 7.89. The molecule has 1 N–H and O–H groups in total. The van der Waals surface area contributed by atoms with E-state index in [1.807, 2.05) is 20.8 Å². The van der Waals surface area contributed by atoms with E-state index in [1.54, 1.807) is 18.2 Å². The quantitative estimate of drug-likeness (QED) is 0.904. The molecule has 0 radical (unpaired) electrons. The number of carbonyl (C=O) groups is 1. The summed E-state index contributed by atoms with van der Waals surface area (Å²) in [5.41, 5.74) is 0.0581. The van der Waals surface area contributed by atoms with Gasteiger partial charge in [-0.1, -0.05) is 13.0 Å². The zero-order valence-corrected chi connectivity index (χ0v) is 14.2. The van der Waals surface area contributed by atoms with Crippen LogP contribution in [0.3, 0.4) is 0 Å². The van der Waals surface area contributed by atoms with E-state index in [0.717, 1.165) is 19.3 Å². The van der Waals surface area contributed by atoms with E-state index in [4.69, 9.17) is 0 Å². The predicted molar refractivity (Wildman–Crippen MR) is 86.3 cm³/mol. The van der Waals surface area contributed by atoms with Gasteiger partial charge in [-0.3, -0.25) is 4.79 Å². The molecule has 0 unspecified atom stereocenters. The summed E-state index contributed by atoms with van der Waals surface area (Å²) in [6.45, 7) is 6.99. The third-order valence-electron chi connectivity index (χ3n) is 4.13. The average Bonchev–Trinajstić information content (AvgIpc) is 3.02. The maximum Gasteiger partial charge on any atom is 0.251 e. The Morgan fingerprint density at radius 3 is 2.50 bits per heavy atom. The molecule has 0 spiro atoms. The minimum absolute atomic E-state index is 0.191. The van der Waals surface area contributed by atoms with Crippen molar-refractivity contribution in [2.45, 2.75) is 50.5 Å². The largest absolute Gasteiger partial charge is 0.347 e. The van der Waals surface area contributed by atoms with Crippen LogP contribution in [-0.2, 0) is 10.0 Å². The van der Waals surface area contributed by atoms with Gasteiger partial charge in [-0.15, -0.1) is 0 Å². The van der Waals surface area contributed by atoms with Gasteiger partial charge in [0, 0.05) is 24.2 Å². The summed E-state index contributed by atoms with van der Waals surface area (Å²) in [7, 11) is -3.49. The van der Waals surface area contributed by atoms with E-state index in [2.05, 4.69) is 5.32 Å². The Kier molecular flexibility index (Phi) is 4.92. The second-order valence-electron chi connectivity index (χ2n) is 6.33. The Labute approximate surface area is 132 Å². The van der Waals surface area contributed by atoms with Crippen LogP contribution in [0.15, 0.2) is 29.2 Å². The lowest BCUT2D eigenvalue weighted by molar-refractivity contribution is 0.0911. The lowest BCUT2D eigenvalue weighted by Gasteiger charge is -2.24. The number of rotatable bonds is 5. The van der Waals surface area contributed by atoms with Gasteiger partial charge in [-0.25, -0.2) is 8.42 Å². The topological polar surface area (TPSA) is 66.5 Å². The molecule has 1 amide bonds. The Bertz CT molecular complexity index is 647. The maximum atomic E-state index is 12.5. The third kappa shape index (κ3) is 3.67. The van der Waals surface area contributed by atoms with Crippen molar-refractivity contribution < 1.29 is 13.2 Å².